The third-order valence-corrected chi connectivity index (χ3v) is 4.66. The monoisotopic (exact) mass is 357 g/mol. The van der Waals surface area contributed by atoms with Gasteiger partial charge in [0.1, 0.15) is 0 Å². The fourth-order valence-corrected chi connectivity index (χ4v) is 3.26. The average molecular weight is 357 g/mol. The van der Waals surface area contributed by atoms with E-state index >= 15 is 0 Å². The summed E-state index contributed by atoms with van der Waals surface area (Å²) in [5, 5.41) is 10.5. The summed E-state index contributed by atoms with van der Waals surface area (Å²) in [5.41, 5.74) is 3.63. The highest BCUT2D eigenvalue weighted by molar-refractivity contribution is 5.49. The number of benzene rings is 3. The van der Waals surface area contributed by atoms with Gasteiger partial charge in [0, 0.05) is 13.1 Å². The van der Waals surface area contributed by atoms with Gasteiger partial charge in [-0.25, -0.2) is 0 Å². The van der Waals surface area contributed by atoms with Gasteiger partial charge >= 0.3 is 0 Å². The molecule has 0 amide bonds. The van der Waals surface area contributed by atoms with Crippen LogP contribution in [-0.4, -0.2) is 22.2 Å². The Morgan fingerprint density at radius 3 is 1.63 bits per heavy atom. The molecule has 0 fully saturated rings. The van der Waals surface area contributed by atoms with Crippen LogP contribution in [0.3, 0.4) is 0 Å². The van der Waals surface area contributed by atoms with E-state index < -0.39 is 6.10 Å². The van der Waals surface area contributed by atoms with E-state index in [1.54, 1.807) is 0 Å². The molecule has 2 atom stereocenters. The molecular formula is C25H27NO. The van der Waals surface area contributed by atoms with E-state index in [9.17, 15) is 5.11 Å². The zero-order valence-corrected chi connectivity index (χ0v) is 15.8. The van der Waals surface area contributed by atoms with Crippen LogP contribution in [0.5, 0.6) is 0 Å². The molecule has 0 radical (unpaired) electrons. The fourth-order valence-electron chi connectivity index (χ4n) is 3.26. The van der Waals surface area contributed by atoms with Crippen LogP contribution in [0.15, 0.2) is 97.1 Å². The maximum absolute atomic E-state index is 10.5. The van der Waals surface area contributed by atoms with Crippen molar-refractivity contribution in [3.05, 3.63) is 114 Å². The Labute approximate surface area is 162 Å². The van der Waals surface area contributed by atoms with Crippen molar-refractivity contribution in [2.75, 3.05) is 0 Å². The van der Waals surface area contributed by atoms with Gasteiger partial charge in [-0.2, -0.15) is 0 Å². The third kappa shape index (κ3) is 5.92. The summed E-state index contributed by atoms with van der Waals surface area (Å²) in [6.45, 7) is 3.43. The molecule has 0 spiro atoms. The Morgan fingerprint density at radius 1 is 0.741 bits per heavy atom. The molecule has 2 nitrogen and oxygen atoms in total. The zero-order chi connectivity index (χ0) is 18.9. The summed E-state index contributed by atoms with van der Waals surface area (Å²) in [5.74, 6) is 0. The van der Waals surface area contributed by atoms with Crippen LogP contribution in [0, 0.1) is 0 Å². The molecule has 3 rings (SSSR count). The Kier molecular flexibility index (Phi) is 6.97. The minimum Gasteiger partial charge on any atom is -0.391 e. The van der Waals surface area contributed by atoms with E-state index in [0.29, 0.717) is 0 Å². The molecule has 3 aromatic carbocycles. The Morgan fingerprint density at radius 2 is 1.19 bits per heavy atom. The fraction of sp³-hybridized carbons (Fsp3) is 0.200. The van der Waals surface area contributed by atoms with Crippen LogP contribution in [0.1, 0.15) is 23.6 Å². The number of aliphatic hydroxyl groups is 1. The molecular weight excluding hydrogens is 330 g/mol. The molecule has 0 unspecified atom stereocenters. The third-order valence-electron chi connectivity index (χ3n) is 4.66. The highest BCUT2D eigenvalue weighted by atomic mass is 16.3. The standard InChI is InChI=1S/C25H27NO/c1-21(27)25(18-17-22-11-5-2-6-12-22)26(19-23-13-7-3-8-14-23)20-24-15-9-4-10-16-24/h2-18,21,25,27H,19-20H2,1H3/t21-,25+/m0/s1. The molecule has 0 saturated heterocycles. The predicted octanol–water partition coefficient (Wildman–Crippen LogP) is 5.15. The van der Waals surface area contributed by atoms with Gasteiger partial charge in [0.2, 0.25) is 0 Å². The normalized spacial score (nSPS) is 13.7. The average Bonchev–Trinajstić information content (AvgIpc) is 2.70. The molecule has 0 aliphatic carbocycles. The van der Waals surface area contributed by atoms with Gasteiger partial charge in [0.05, 0.1) is 12.1 Å². The lowest BCUT2D eigenvalue weighted by molar-refractivity contribution is 0.0770. The predicted molar refractivity (Wildman–Crippen MR) is 113 cm³/mol. The first-order chi connectivity index (χ1) is 13.2. The summed E-state index contributed by atoms with van der Waals surface area (Å²) >= 11 is 0. The van der Waals surface area contributed by atoms with Crippen molar-refractivity contribution < 1.29 is 5.11 Å². The molecule has 0 saturated carbocycles. The van der Waals surface area contributed by atoms with Crippen LogP contribution in [0.2, 0.25) is 0 Å². The molecule has 0 heterocycles. The minimum absolute atomic E-state index is 0.0781. The molecule has 27 heavy (non-hydrogen) atoms. The second-order valence-corrected chi connectivity index (χ2v) is 6.88. The van der Waals surface area contributed by atoms with Gasteiger partial charge in [-0.15, -0.1) is 0 Å². The number of aliphatic hydroxyl groups excluding tert-OH is 1. The van der Waals surface area contributed by atoms with Crippen molar-refractivity contribution in [2.45, 2.75) is 32.2 Å². The number of hydrogen-bond acceptors (Lipinski definition) is 2. The quantitative estimate of drug-likeness (QED) is 0.602. The summed E-state index contributed by atoms with van der Waals surface area (Å²) in [7, 11) is 0. The maximum atomic E-state index is 10.5. The van der Waals surface area contributed by atoms with E-state index in [0.717, 1.165) is 18.7 Å². The summed E-state index contributed by atoms with van der Waals surface area (Å²) in [4.78, 5) is 2.33. The molecule has 3 aromatic rings. The molecule has 0 aliphatic rings. The highest BCUT2D eigenvalue weighted by Gasteiger charge is 2.21. The first-order valence-corrected chi connectivity index (χ1v) is 9.45. The minimum atomic E-state index is -0.475. The largest absolute Gasteiger partial charge is 0.391 e. The van der Waals surface area contributed by atoms with Gasteiger partial charge < -0.3 is 5.11 Å². The molecule has 1 N–H and O–H groups in total. The SMILES string of the molecule is C[C@H](O)[C@@H](C=Cc1ccccc1)N(Cc1ccccc1)Cc1ccccc1. The van der Waals surface area contributed by atoms with E-state index in [1.165, 1.54) is 11.1 Å². The molecule has 0 bridgehead atoms. The van der Waals surface area contributed by atoms with Crippen molar-refractivity contribution in [3.8, 4) is 0 Å². The zero-order valence-electron chi connectivity index (χ0n) is 15.8. The van der Waals surface area contributed by atoms with Crippen LogP contribution in [-0.2, 0) is 13.1 Å². The summed E-state index contributed by atoms with van der Waals surface area (Å²) in [6, 6.07) is 31.0. The van der Waals surface area contributed by atoms with E-state index in [2.05, 4.69) is 77.7 Å². The molecule has 2 heteroatoms. The highest BCUT2D eigenvalue weighted by Crippen LogP contribution is 2.18. The van der Waals surface area contributed by atoms with Crippen LogP contribution in [0.4, 0.5) is 0 Å². The van der Waals surface area contributed by atoms with Crippen molar-refractivity contribution >= 4 is 6.08 Å². The summed E-state index contributed by atoms with van der Waals surface area (Å²) in [6.07, 6.45) is 3.74. The second-order valence-electron chi connectivity index (χ2n) is 6.88. The van der Waals surface area contributed by atoms with Gasteiger partial charge in [0.15, 0.2) is 0 Å². The van der Waals surface area contributed by atoms with Crippen molar-refractivity contribution in [3.63, 3.8) is 0 Å². The Bertz CT molecular complexity index is 771. The topological polar surface area (TPSA) is 23.5 Å². The van der Waals surface area contributed by atoms with Crippen molar-refractivity contribution in [1.29, 1.82) is 0 Å². The van der Waals surface area contributed by atoms with Crippen molar-refractivity contribution in [1.82, 2.24) is 4.90 Å². The smallest absolute Gasteiger partial charge is 0.0703 e. The van der Waals surface area contributed by atoms with E-state index in [1.807, 2.05) is 37.3 Å². The van der Waals surface area contributed by atoms with Gasteiger partial charge in [-0.1, -0.05) is 103 Å². The first kappa shape index (κ1) is 19.1. The first-order valence-electron chi connectivity index (χ1n) is 9.45. The second kappa shape index (κ2) is 9.86. The van der Waals surface area contributed by atoms with Crippen LogP contribution >= 0.6 is 0 Å². The molecule has 0 aromatic heterocycles. The summed E-state index contributed by atoms with van der Waals surface area (Å²) < 4.78 is 0. The van der Waals surface area contributed by atoms with Gasteiger partial charge in [0.25, 0.3) is 0 Å². The Balaban J connectivity index is 1.86. The number of hydrogen-bond donors (Lipinski definition) is 1. The maximum Gasteiger partial charge on any atom is 0.0703 e. The Hall–Kier alpha value is -2.68. The van der Waals surface area contributed by atoms with E-state index in [4.69, 9.17) is 0 Å². The lowest BCUT2D eigenvalue weighted by Crippen LogP contribution is -2.40. The molecule has 0 aliphatic heterocycles. The van der Waals surface area contributed by atoms with E-state index in [-0.39, 0.29) is 6.04 Å². The van der Waals surface area contributed by atoms with Crippen LogP contribution in [0.25, 0.3) is 6.08 Å². The number of rotatable bonds is 8. The van der Waals surface area contributed by atoms with Gasteiger partial charge in [-0.3, -0.25) is 4.90 Å². The lowest BCUT2D eigenvalue weighted by Gasteiger charge is -2.32. The van der Waals surface area contributed by atoms with Gasteiger partial charge in [-0.05, 0) is 23.6 Å². The number of nitrogens with zero attached hydrogens (tertiary/aromatic N) is 1. The van der Waals surface area contributed by atoms with Crippen LogP contribution < -0.4 is 0 Å². The molecule has 138 valence electrons. The lowest BCUT2D eigenvalue weighted by atomic mass is 10.0. The van der Waals surface area contributed by atoms with Crippen molar-refractivity contribution in [2.24, 2.45) is 0 Å².